The Bertz CT molecular complexity index is 267. The van der Waals surface area contributed by atoms with Crippen LogP contribution in [0.15, 0.2) is 30.3 Å². The van der Waals surface area contributed by atoms with E-state index in [0.717, 1.165) is 0 Å². The minimum atomic E-state index is -0.879. The van der Waals surface area contributed by atoms with Gasteiger partial charge in [-0.3, -0.25) is 0 Å². The van der Waals surface area contributed by atoms with E-state index in [1.807, 2.05) is 0 Å². The van der Waals surface area contributed by atoms with Gasteiger partial charge in [0.1, 0.15) is 0 Å². The zero-order valence-corrected chi connectivity index (χ0v) is 8.63. The molecule has 0 aromatic heterocycles. The van der Waals surface area contributed by atoms with E-state index in [9.17, 15) is 4.79 Å². The van der Waals surface area contributed by atoms with E-state index in [0.29, 0.717) is 5.56 Å². The number of aromatic carboxylic acids is 1. The summed E-state index contributed by atoms with van der Waals surface area (Å²) < 4.78 is 0. The van der Waals surface area contributed by atoms with Crippen LogP contribution in [0.25, 0.3) is 0 Å². The van der Waals surface area contributed by atoms with Gasteiger partial charge in [-0.1, -0.05) is 25.1 Å². The third kappa shape index (κ3) is 6.65. The summed E-state index contributed by atoms with van der Waals surface area (Å²) in [4.78, 5) is 10.2. The van der Waals surface area contributed by atoms with E-state index >= 15 is 0 Å². The lowest BCUT2D eigenvalue weighted by Gasteiger charge is -1.97. The average molecular weight is 212 g/mol. The minimum absolute atomic E-state index is 0.0463. The number of aliphatic hydroxyl groups excluding tert-OH is 2. The second-order valence-electron chi connectivity index (χ2n) is 3.14. The molecule has 1 aromatic carbocycles. The third-order valence-corrected chi connectivity index (χ3v) is 1.64. The Balaban J connectivity index is 0.000000288. The smallest absolute Gasteiger partial charge is 0.335 e. The zero-order valence-electron chi connectivity index (χ0n) is 8.63. The molecular weight excluding hydrogens is 196 g/mol. The molecule has 0 spiro atoms. The second-order valence-corrected chi connectivity index (χ2v) is 3.14. The zero-order chi connectivity index (χ0) is 11.7. The van der Waals surface area contributed by atoms with Crippen LogP contribution in [0.4, 0.5) is 0 Å². The molecule has 4 nitrogen and oxygen atoms in total. The molecule has 0 fully saturated rings. The molecule has 3 N–H and O–H groups in total. The average Bonchev–Trinajstić information content (AvgIpc) is 2.30. The number of hydrogen-bond donors (Lipinski definition) is 3. The van der Waals surface area contributed by atoms with Gasteiger partial charge in [0.25, 0.3) is 0 Å². The summed E-state index contributed by atoms with van der Waals surface area (Å²) in [5, 5.41) is 24.7. The van der Waals surface area contributed by atoms with Gasteiger partial charge >= 0.3 is 5.97 Å². The van der Waals surface area contributed by atoms with Crippen molar-refractivity contribution in [1.29, 1.82) is 0 Å². The fourth-order valence-corrected chi connectivity index (χ4v) is 0.638. The largest absolute Gasteiger partial charge is 0.478 e. The van der Waals surface area contributed by atoms with Gasteiger partial charge < -0.3 is 15.3 Å². The van der Waals surface area contributed by atoms with Gasteiger partial charge in [-0.05, 0) is 12.1 Å². The van der Waals surface area contributed by atoms with Gasteiger partial charge in [0.2, 0.25) is 0 Å². The number of aliphatic hydroxyl groups is 2. The van der Waals surface area contributed by atoms with Crippen molar-refractivity contribution in [2.45, 2.75) is 6.92 Å². The summed E-state index contributed by atoms with van der Waals surface area (Å²) in [6.45, 7) is 1.94. The highest BCUT2D eigenvalue weighted by Crippen LogP contribution is 1.96. The molecule has 0 atom stereocenters. The third-order valence-electron chi connectivity index (χ3n) is 1.64. The molecule has 4 heteroatoms. The van der Waals surface area contributed by atoms with Crippen LogP contribution in [0.1, 0.15) is 17.3 Å². The van der Waals surface area contributed by atoms with E-state index in [2.05, 4.69) is 0 Å². The second kappa shape index (κ2) is 7.96. The van der Waals surface area contributed by atoms with E-state index in [1.165, 1.54) is 0 Å². The molecule has 0 unspecified atom stereocenters. The maximum absolute atomic E-state index is 10.2. The Morgan fingerprint density at radius 3 is 1.87 bits per heavy atom. The Hall–Kier alpha value is -1.39. The van der Waals surface area contributed by atoms with Gasteiger partial charge in [-0.2, -0.15) is 0 Å². The maximum atomic E-state index is 10.2. The molecular formula is C11H16O4. The first-order valence-corrected chi connectivity index (χ1v) is 4.61. The monoisotopic (exact) mass is 212 g/mol. The van der Waals surface area contributed by atoms with E-state index in [4.69, 9.17) is 15.3 Å². The molecule has 0 heterocycles. The topological polar surface area (TPSA) is 77.8 Å². The lowest BCUT2D eigenvalue weighted by molar-refractivity contribution is 0.0697. The molecule has 0 saturated heterocycles. The van der Waals surface area contributed by atoms with E-state index in [-0.39, 0.29) is 19.1 Å². The molecule has 0 radical (unpaired) electrons. The van der Waals surface area contributed by atoms with Crippen LogP contribution in [-0.2, 0) is 0 Å². The van der Waals surface area contributed by atoms with Crippen molar-refractivity contribution in [2.24, 2.45) is 5.92 Å². The molecule has 0 aliphatic heterocycles. The van der Waals surface area contributed by atoms with Gasteiger partial charge in [0, 0.05) is 19.1 Å². The summed E-state index contributed by atoms with van der Waals surface area (Å²) in [7, 11) is 0. The number of rotatable bonds is 3. The van der Waals surface area contributed by atoms with Crippen molar-refractivity contribution in [2.75, 3.05) is 13.2 Å². The van der Waals surface area contributed by atoms with Gasteiger partial charge in [-0.15, -0.1) is 0 Å². The highest BCUT2D eigenvalue weighted by atomic mass is 16.4. The van der Waals surface area contributed by atoms with Crippen LogP contribution in [0, 0.1) is 5.92 Å². The van der Waals surface area contributed by atoms with Crippen LogP contribution in [0.2, 0.25) is 0 Å². The van der Waals surface area contributed by atoms with Crippen molar-refractivity contribution >= 4 is 5.97 Å². The number of carbonyl (C=O) groups is 1. The van der Waals surface area contributed by atoms with Gasteiger partial charge in [-0.25, -0.2) is 4.79 Å². The molecule has 1 aromatic rings. The van der Waals surface area contributed by atoms with Crippen LogP contribution in [0.3, 0.4) is 0 Å². The molecule has 0 amide bonds. The summed E-state index contributed by atoms with van der Waals surface area (Å²) in [6.07, 6.45) is 0. The van der Waals surface area contributed by atoms with Gasteiger partial charge in [0.15, 0.2) is 0 Å². The Morgan fingerprint density at radius 1 is 1.20 bits per heavy atom. The maximum Gasteiger partial charge on any atom is 0.335 e. The van der Waals surface area contributed by atoms with Crippen LogP contribution in [-0.4, -0.2) is 34.5 Å². The molecule has 0 saturated carbocycles. The highest BCUT2D eigenvalue weighted by Gasteiger charge is 1.96. The minimum Gasteiger partial charge on any atom is -0.478 e. The predicted molar refractivity (Wildman–Crippen MR) is 56.7 cm³/mol. The fourth-order valence-electron chi connectivity index (χ4n) is 0.638. The first-order chi connectivity index (χ1) is 7.11. The van der Waals surface area contributed by atoms with Crippen molar-refractivity contribution in [3.05, 3.63) is 35.9 Å². The van der Waals surface area contributed by atoms with Crippen molar-refractivity contribution in [3.8, 4) is 0 Å². The highest BCUT2D eigenvalue weighted by molar-refractivity contribution is 5.87. The Kier molecular flexibility index (Phi) is 7.23. The summed E-state index contributed by atoms with van der Waals surface area (Å²) in [5.41, 5.74) is 0.331. The molecule has 0 bridgehead atoms. The van der Waals surface area contributed by atoms with Gasteiger partial charge in [0.05, 0.1) is 5.56 Å². The van der Waals surface area contributed by atoms with Crippen LogP contribution in [0.5, 0.6) is 0 Å². The fraction of sp³-hybridized carbons (Fsp3) is 0.364. The molecule has 0 aliphatic rings. The lowest BCUT2D eigenvalue weighted by atomic mass is 10.2. The quantitative estimate of drug-likeness (QED) is 0.698. The standard InChI is InChI=1S/C7H6O2.C4H10O2/c8-7(9)6-4-2-1-3-5-6;1-4(2-5)3-6/h1-5H,(H,8,9);4-6H,2-3H2,1H3. The predicted octanol–water partition coefficient (Wildman–Crippen LogP) is 0.992. The summed E-state index contributed by atoms with van der Waals surface area (Å²) >= 11 is 0. The van der Waals surface area contributed by atoms with Crippen LogP contribution >= 0.6 is 0 Å². The van der Waals surface area contributed by atoms with Crippen molar-refractivity contribution in [1.82, 2.24) is 0 Å². The number of benzene rings is 1. The Labute approximate surface area is 88.8 Å². The Morgan fingerprint density at radius 2 is 1.67 bits per heavy atom. The van der Waals surface area contributed by atoms with Crippen molar-refractivity contribution in [3.63, 3.8) is 0 Å². The number of carboxylic acid groups (broad SMARTS) is 1. The van der Waals surface area contributed by atoms with E-state index in [1.54, 1.807) is 37.3 Å². The first-order valence-electron chi connectivity index (χ1n) is 4.61. The normalized spacial score (nSPS) is 9.33. The first kappa shape index (κ1) is 13.6. The molecule has 84 valence electrons. The number of carboxylic acids is 1. The van der Waals surface area contributed by atoms with Crippen LogP contribution < -0.4 is 0 Å². The van der Waals surface area contributed by atoms with E-state index < -0.39 is 5.97 Å². The molecule has 15 heavy (non-hydrogen) atoms. The SMILES string of the molecule is CC(CO)CO.O=C(O)c1ccccc1. The lowest BCUT2D eigenvalue weighted by Crippen LogP contribution is -2.04. The summed E-state index contributed by atoms with van der Waals surface area (Å²) in [6, 6.07) is 8.30. The molecule has 0 aliphatic carbocycles. The van der Waals surface area contributed by atoms with Crippen molar-refractivity contribution < 1.29 is 20.1 Å². The number of hydrogen-bond acceptors (Lipinski definition) is 3. The summed E-state index contributed by atoms with van der Waals surface area (Å²) in [5.74, 6) is -0.833. The molecule has 1 rings (SSSR count).